The predicted molar refractivity (Wildman–Crippen MR) is 99.5 cm³/mol. The van der Waals surface area contributed by atoms with Gasteiger partial charge in [0, 0.05) is 17.8 Å². The molecule has 0 aromatic heterocycles. The fourth-order valence-corrected chi connectivity index (χ4v) is 2.55. The fourth-order valence-electron chi connectivity index (χ4n) is 2.55. The molecule has 130 valence electrons. The SMILES string of the molecule is COc1ccccc1C(=O)Nc1ccc(-c2ccc([N+](=O)[O-])cc2)cc1. The van der Waals surface area contributed by atoms with Gasteiger partial charge in [0.25, 0.3) is 11.6 Å². The molecule has 0 unspecified atom stereocenters. The quantitative estimate of drug-likeness (QED) is 0.543. The number of anilines is 1. The van der Waals surface area contributed by atoms with Gasteiger partial charge in [-0.25, -0.2) is 0 Å². The van der Waals surface area contributed by atoms with Gasteiger partial charge in [-0.05, 0) is 47.5 Å². The van der Waals surface area contributed by atoms with Crippen molar-refractivity contribution in [2.24, 2.45) is 0 Å². The van der Waals surface area contributed by atoms with E-state index in [1.54, 1.807) is 48.5 Å². The van der Waals surface area contributed by atoms with Crippen molar-refractivity contribution in [2.45, 2.75) is 0 Å². The Morgan fingerprint density at radius 1 is 0.923 bits per heavy atom. The van der Waals surface area contributed by atoms with Crippen LogP contribution in [0.4, 0.5) is 11.4 Å². The van der Waals surface area contributed by atoms with Crippen molar-refractivity contribution in [3.63, 3.8) is 0 Å². The zero-order valence-electron chi connectivity index (χ0n) is 14.0. The highest BCUT2D eigenvalue weighted by molar-refractivity contribution is 6.06. The van der Waals surface area contributed by atoms with Crippen molar-refractivity contribution in [1.82, 2.24) is 0 Å². The van der Waals surface area contributed by atoms with Crippen molar-refractivity contribution in [2.75, 3.05) is 12.4 Å². The highest BCUT2D eigenvalue weighted by Crippen LogP contribution is 2.25. The summed E-state index contributed by atoms with van der Waals surface area (Å²) in [6.45, 7) is 0. The monoisotopic (exact) mass is 348 g/mol. The number of amides is 1. The number of rotatable bonds is 5. The number of carbonyl (C=O) groups is 1. The molecule has 0 atom stereocenters. The molecule has 0 saturated heterocycles. The number of hydrogen-bond acceptors (Lipinski definition) is 4. The molecule has 3 rings (SSSR count). The normalized spacial score (nSPS) is 10.2. The zero-order chi connectivity index (χ0) is 18.5. The second kappa shape index (κ2) is 7.48. The van der Waals surface area contributed by atoms with Crippen LogP contribution in [-0.2, 0) is 0 Å². The lowest BCUT2D eigenvalue weighted by Gasteiger charge is -2.09. The van der Waals surface area contributed by atoms with Crippen molar-refractivity contribution < 1.29 is 14.5 Å². The Morgan fingerprint density at radius 2 is 1.50 bits per heavy atom. The van der Waals surface area contributed by atoms with E-state index < -0.39 is 4.92 Å². The number of ether oxygens (including phenoxy) is 1. The van der Waals surface area contributed by atoms with E-state index in [4.69, 9.17) is 4.74 Å². The first-order chi connectivity index (χ1) is 12.6. The van der Waals surface area contributed by atoms with Gasteiger partial charge >= 0.3 is 0 Å². The molecule has 0 saturated carbocycles. The third-order valence-electron chi connectivity index (χ3n) is 3.91. The van der Waals surface area contributed by atoms with Crippen molar-refractivity contribution in [3.05, 3.63) is 88.5 Å². The largest absolute Gasteiger partial charge is 0.496 e. The van der Waals surface area contributed by atoms with E-state index in [2.05, 4.69) is 5.32 Å². The Morgan fingerprint density at radius 3 is 2.08 bits per heavy atom. The standard InChI is InChI=1S/C20H16N2O4/c1-26-19-5-3-2-4-18(19)20(23)21-16-10-6-14(7-11-16)15-8-12-17(13-9-15)22(24)25/h2-13H,1H3,(H,21,23). The summed E-state index contributed by atoms with van der Waals surface area (Å²) in [5.41, 5.74) is 2.91. The Bertz CT molecular complexity index is 935. The number of non-ortho nitro benzene ring substituents is 1. The predicted octanol–water partition coefficient (Wildman–Crippen LogP) is 4.52. The number of nitro benzene ring substituents is 1. The molecule has 3 aromatic carbocycles. The average Bonchev–Trinajstić information content (AvgIpc) is 2.68. The van der Waals surface area contributed by atoms with Crippen LogP contribution in [0.1, 0.15) is 10.4 Å². The third-order valence-corrected chi connectivity index (χ3v) is 3.91. The second-order valence-electron chi connectivity index (χ2n) is 5.54. The number of nitrogens with zero attached hydrogens (tertiary/aromatic N) is 1. The summed E-state index contributed by atoms with van der Waals surface area (Å²) < 4.78 is 5.20. The van der Waals surface area contributed by atoms with Gasteiger partial charge < -0.3 is 10.1 Å². The minimum Gasteiger partial charge on any atom is -0.496 e. The molecule has 0 spiro atoms. The molecule has 0 aliphatic carbocycles. The van der Waals surface area contributed by atoms with Crippen LogP contribution in [0.25, 0.3) is 11.1 Å². The minimum atomic E-state index is -0.430. The van der Waals surface area contributed by atoms with Gasteiger partial charge in [-0.3, -0.25) is 14.9 Å². The van der Waals surface area contributed by atoms with Crippen molar-refractivity contribution in [3.8, 4) is 16.9 Å². The van der Waals surface area contributed by atoms with Crippen LogP contribution < -0.4 is 10.1 Å². The lowest BCUT2D eigenvalue weighted by atomic mass is 10.0. The van der Waals surface area contributed by atoms with E-state index in [9.17, 15) is 14.9 Å². The molecule has 6 nitrogen and oxygen atoms in total. The summed E-state index contributed by atoms with van der Waals surface area (Å²) in [4.78, 5) is 22.7. The van der Waals surface area contributed by atoms with Crippen molar-refractivity contribution in [1.29, 1.82) is 0 Å². The van der Waals surface area contributed by atoms with E-state index >= 15 is 0 Å². The molecule has 6 heteroatoms. The Balaban J connectivity index is 1.75. The summed E-state index contributed by atoms with van der Waals surface area (Å²) in [6, 6.07) is 20.6. The maximum atomic E-state index is 12.4. The van der Waals surface area contributed by atoms with Gasteiger partial charge in [0.15, 0.2) is 0 Å². The molecule has 0 bridgehead atoms. The van der Waals surface area contributed by atoms with Crippen LogP contribution >= 0.6 is 0 Å². The number of benzene rings is 3. The Kier molecular flexibility index (Phi) is 4.94. The first kappa shape index (κ1) is 17.2. The van der Waals surface area contributed by atoms with E-state index in [0.29, 0.717) is 17.0 Å². The maximum absolute atomic E-state index is 12.4. The molecule has 0 aliphatic rings. The molecule has 3 aromatic rings. The minimum absolute atomic E-state index is 0.0504. The topological polar surface area (TPSA) is 81.5 Å². The van der Waals surface area contributed by atoms with Gasteiger partial charge in [-0.15, -0.1) is 0 Å². The molecule has 0 fully saturated rings. The molecule has 0 heterocycles. The second-order valence-corrected chi connectivity index (χ2v) is 5.54. The molecular formula is C20H16N2O4. The maximum Gasteiger partial charge on any atom is 0.269 e. The zero-order valence-corrected chi connectivity index (χ0v) is 14.0. The van der Waals surface area contributed by atoms with Gasteiger partial charge in [-0.1, -0.05) is 24.3 Å². The number of nitrogens with one attached hydrogen (secondary N) is 1. The van der Waals surface area contributed by atoms with Gasteiger partial charge in [0.05, 0.1) is 17.6 Å². The average molecular weight is 348 g/mol. The first-order valence-electron chi connectivity index (χ1n) is 7.88. The van der Waals surface area contributed by atoms with Crippen LogP contribution in [-0.4, -0.2) is 17.9 Å². The van der Waals surface area contributed by atoms with Crippen LogP contribution in [0.5, 0.6) is 5.75 Å². The summed E-state index contributed by atoms with van der Waals surface area (Å²) in [5, 5.41) is 13.5. The molecule has 0 radical (unpaired) electrons. The van der Waals surface area contributed by atoms with Crippen LogP contribution in [0, 0.1) is 10.1 Å². The van der Waals surface area contributed by atoms with E-state index in [-0.39, 0.29) is 11.6 Å². The smallest absolute Gasteiger partial charge is 0.269 e. The summed E-state index contributed by atoms with van der Waals surface area (Å²) in [7, 11) is 1.52. The summed E-state index contributed by atoms with van der Waals surface area (Å²) in [5.74, 6) is 0.248. The highest BCUT2D eigenvalue weighted by Gasteiger charge is 2.11. The molecule has 1 amide bonds. The fraction of sp³-hybridized carbons (Fsp3) is 0.0500. The summed E-state index contributed by atoms with van der Waals surface area (Å²) in [6.07, 6.45) is 0. The van der Waals surface area contributed by atoms with Gasteiger partial charge in [0.1, 0.15) is 5.75 Å². The lowest BCUT2D eigenvalue weighted by Crippen LogP contribution is -2.12. The number of para-hydroxylation sites is 1. The number of methoxy groups -OCH3 is 1. The van der Waals surface area contributed by atoms with Crippen LogP contribution in [0.3, 0.4) is 0 Å². The Hall–Kier alpha value is -3.67. The highest BCUT2D eigenvalue weighted by atomic mass is 16.6. The first-order valence-corrected chi connectivity index (χ1v) is 7.88. The molecule has 0 aliphatic heterocycles. The van der Waals surface area contributed by atoms with E-state index in [1.165, 1.54) is 19.2 Å². The van der Waals surface area contributed by atoms with E-state index in [0.717, 1.165) is 11.1 Å². The summed E-state index contributed by atoms with van der Waals surface area (Å²) >= 11 is 0. The number of nitro groups is 1. The lowest BCUT2D eigenvalue weighted by molar-refractivity contribution is -0.384. The van der Waals surface area contributed by atoms with Gasteiger partial charge in [0.2, 0.25) is 0 Å². The number of carbonyl (C=O) groups excluding carboxylic acids is 1. The third kappa shape index (κ3) is 3.70. The molecular weight excluding hydrogens is 332 g/mol. The van der Waals surface area contributed by atoms with Crippen LogP contribution in [0.15, 0.2) is 72.8 Å². The molecule has 1 N–H and O–H groups in total. The van der Waals surface area contributed by atoms with Crippen LogP contribution in [0.2, 0.25) is 0 Å². The van der Waals surface area contributed by atoms with Gasteiger partial charge in [-0.2, -0.15) is 0 Å². The van der Waals surface area contributed by atoms with E-state index in [1.807, 2.05) is 12.1 Å². The Labute approximate surface area is 150 Å². The number of hydrogen-bond donors (Lipinski definition) is 1. The molecule has 26 heavy (non-hydrogen) atoms. The van der Waals surface area contributed by atoms with Crippen molar-refractivity contribution >= 4 is 17.3 Å².